The molecule has 1 aromatic heterocycles. The number of amides is 1. The predicted molar refractivity (Wildman–Crippen MR) is 135 cm³/mol. The summed E-state index contributed by atoms with van der Waals surface area (Å²) in [7, 11) is -2.21. The van der Waals surface area contributed by atoms with E-state index >= 15 is 13.2 Å². The van der Waals surface area contributed by atoms with Crippen LogP contribution in [-0.4, -0.2) is 26.9 Å². The van der Waals surface area contributed by atoms with Crippen LogP contribution >= 0.6 is 0 Å². The van der Waals surface area contributed by atoms with Crippen LogP contribution in [0.25, 0.3) is 10.9 Å². The van der Waals surface area contributed by atoms with Crippen molar-refractivity contribution in [2.45, 2.75) is 48.5 Å². The standard InChI is InChI=1S/C28H24F3N3O2S/c1-16-10-13-21(17(2)14-16)28(30,31)15-32-26(35)24-20-6-3-4-8-22(20)33-34-27(24)37(36)23-9-5-7-19(25(23)29)18-11-12-18/h3-10,13-14,18H,11-12,15H2,1-2H3,(H,32,35). The molecule has 1 saturated carbocycles. The molecule has 1 unspecified atom stereocenters. The van der Waals surface area contributed by atoms with E-state index in [4.69, 9.17) is 0 Å². The van der Waals surface area contributed by atoms with Crippen LogP contribution < -0.4 is 5.32 Å². The third-order valence-corrected chi connectivity index (χ3v) is 7.85. The van der Waals surface area contributed by atoms with Gasteiger partial charge in [0.1, 0.15) is 16.6 Å². The first-order valence-electron chi connectivity index (χ1n) is 11.9. The van der Waals surface area contributed by atoms with Gasteiger partial charge in [-0.2, -0.15) is 8.78 Å². The van der Waals surface area contributed by atoms with E-state index in [9.17, 15) is 9.00 Å². The van der Waals surface area contributed by atoms with Crippen molar-refractivity contribution in [1.29, 1.82) is 0 Å². The van der Waals surface area contributed by atoms with Crippen molar-refractivity contribution in [3.8, 4) is 0 Å². The predicted octanol–water partition coefficient (Wildman–Crippen LogP) is 5.95. The Morgan fingerprint density at radius 2 is 1.81 bits per heavy atom. The number of hydrogen-bond donors (Lipinski definition) is 1. The molecular weight excluding hydrogens is 499 g/mol. The zero-order chi connectivity index (χ0) is 26.3. The number of nitrogens with zero attached hydrogens (tertiary/aromatic N) is 2. The quantitative estimate of drug-likeness (QED) is 0.325. The molecule has 190 valence electrons. The minimum absolute atomic E-state index is 0.0786. The Morgan fingerprint density at radius 1 is 1.05 bits per heavy atom. The van der Waals surface area contributed by atoms with E-state index in [-0.39, 0.29) is 32.4 Å². The van der Waals surface area contributed by atoms with Crippen LogP contribution in [-0.2, 0) is 16.7 Å². The summed E-state index contributed by atoms with van der Waals surface area (Å²) in [6, 6.07) is 15.7. The van der Waals surface area contributed by atoms with Gasteiger partial charge in [-0.05, 0) is 55.9 Å². The lowest BCUT2D eigenvalue weighted by atomic mass is 10.00. The molecule has 0 saturated heterocycles. The van der Waals surface area contributed by atoms with Crippen LogP contribution in [0.2, 0.25) is 0 Å². The normalized spacial score (nSPS) is 14.5. The fourth-order valence-corrected chi connectivity index (χ4v) is 5.66. The van der Waals surface area contributed by atoms with Crippen LogP contribution in [0.4, 0.5) is 13.2 Å². The summed E-state index contributed by atoms with van der Waals surface area (Å²) < 4.78 is 59.0. The lowest BCUT2D eigenvalue weighted by Gasteiger charge is -2.20. The summed E-state index contributed by atoms with van der Waals surface area (Å²) >= 11 is 0. The van der Waals surface area contributed by atoms with Crippen molar-refractivity contribution >= 4 is 27.6 Å². The Bertz CT molecular complexity index is 1550. The summed E-state index contributed by atoms with van der Waals surface area (Å²) in [5.41, 5.74) is 1.68. The minimum Gasteiger partial charge on any atom is -0.345 e. The van der Waals surface area contributed by atoms with E-state index in [0.717, 1.165) is 18.4 Å². The zero-order valence-electron chi connectivity index (χ0n) is 20.2. The summed E-state index contributed by atoms with van der Waals surface area (Å²) in [5, 5.41) is 10.3. The van der Waals surface area contributed by atoms with Gasteiger partial charge < -0.3 is 5.32 Å². The number of hydrogen-bond acceptors (Lipinski definition) is 4. The van der Waals surface area contributed by atoms with E-state index < -0.39 is 35.0 Å². The Kier molecular flexibility index (Phi) is 6.58. The van der Waals surface area contributed by atoms with Gasteiger partial charge in [0.05, 0.1) is 22.5 Å². The Labute approximate surface area is 214 Å². The van der Waals surface area contributed by atoms with Crippen LogP contribution in [0.5, 0.6) is 0 Å². The van der Waals surface area contributed by atoms with Gasteiger partial charge in [0.2, 0.25) is 0 Å². The zero-order valence-corrected chi connectivity index (χ0v) is 21.0. The van der Waals surface area contributed by atoms with Gasteiger partial charge in [0, 0.05) is 10.9 Å². The van der Waals surface area contributed by atoms with Gasteiger partial charge in [0.25, 0.3) is 11.8 Å². The van der Waals surface area contributed by atoms with Gasteiger partial charge in [-0.3, -0.25) is 4.79 Å². The van der Waals surface area contributed by atoms with Crippen LogP contribution in [0.1, 0.15) is 51.4 Å². The molecule has 5 rings (SSSR count). The maximum atomic E-state index is 15.3. The van der Waals surface area contributed by atoms with Crippen LogP contribution in [0.3, 0.4) is 0 Å². The number of rotatable bonds is 7. The van der Waals surface area contributed by atoms with Gasteiger partial charge in [-0.15, -0.1) is 10.2 Å². The number of nitrogens with one attached hydrogen (secondary N) is 1. The molecule has 3 aromatic carbocycles. The van der Waals surface area contributed by atoms with Gasteiger partial charge >= 0.3 is 0 Å². The number of aromatic nitrogens is 2. The smallest absolute Gasteiger partial charge is 0.290 e. The lowest BCUT2D eigenvalue weighted by molar-refractivity contribution is -0.00309. The third kappa shape index (κ3) is 4.87. The Hall–Kier alpha value is -3.59. The Morgan fingerprint density at radius 3 is 2.54 bits per heavy atom. The second kappa shape index (κ2) is 9.70. The molecule has 5 nitrogen and oxygen atoms in total. The fourth-order valence-electron chi connectivity index (χ4n) is 4.47. The first-order chi connectivity index (χ1) is 17.7. The summed E-state index contributed by atoms with van der Waals surface area (Å²) in [6.07, 6.45) is 1.70. The van der Waals surface area contributed by atoms with Crippen molar-refractivity contribution in [3.05, 3.63) is 94.3 Å². The fraction of sp³-hybridized carbons (Fsp3) is 0.250. The topological polar surface area (TPSA) is 72.0 Å². The summed E-state index contributed by atoms with van der Waals surface area (Å²) in [5.74, 6) is -4.77. The van der Waals surface area contributed by atoms with E-state index in [0.29, 0.717) is 16.6 Å². The van der Waals surface area contributed by atoms with E-state index in [1.807, 2.05) is 6.92 Å². The molecule has 4 aromatic rings. The molecule has 9 heteroatoms. The molecule has 0 bridgehead atoms. The highest BCUT2D eigenvalue weighted by molar-refractivity contribution is 7.85. The monoisotopic (exact) mass is 523 g/mol. The lowest BCUT2D eigenvalue weighted by Crippen LogP contribution is -2.36. The molecular formula is C28H24F3N3O2S. The molecule has 1 heterocycles. The van der Waals surface area contributed by atoms with E-state index in [2.05, 4.69) is 15.5 Å². The van der Waals surface area contributed by atoms with Crippen molar-refractivity contribution in [3.63, 3.8) is 0 Å². The van der Waals surface area contributed by atoms with Crippen molar-refractivity contribution in [2.75, 3.05) is 6.54 Å². The number of benzene rings is 3. The maximum Gasteiger partial charge on any atom is 0.290 e. The largest absolute Gasteiger partial charge is 0.345 e. The van der Waals surface area contributed by atoms with Crippen molar-refractivity contribution < 1.29 is 22.2 Å². The number of halogens is 3. The highest BCUT2D eigenvalue weighted by Gasteiger charge is 2.35. The molecule has 1 fully saturated rings. The average molecular weight is 524 g/mol. The molecule has 1 N–H and O–H groups in total. The second-order valence-electron chi connectivity index (χ2n) is 9.31. The molecule has 1 atom stereocenters. The van der Waals surface area contributed by atoms with E-state index in [1.165, 1.54) is 12.1 Å². The number of carbonyl (C=O) groups is 1. The van der Waals surface area contributed by atoms with Gasteiger partial charge in [-0.25, -0.2) is 8.60 Å². The molecule has 0 aliphatic heterocycles. The average Bonchev–Trinajstić information content (AvgIpc) is 3.71. The summed E-state index contributed by atoms with van der Waals surface area (Å²) in [6.45, 7) is 2.41. The van der Waals surface area contributed by atoms with Gasteiger partial charge in [-0.1, -0.05) is 54.1 Å². The number of alkyl halides is 2. The van der Waals surface area contributed by atoms with Crippen LogP contribution in [0, 0.1) is 19.7 Å². The van der Waals surface area contributed by atoms with Crippen molar-refractivity contribution in [2.24, 2.45) is 0 Å². The first-order valence-corrected chi connectivity index (χ1v) is 13.0. The van der Waals surface area contributed by atoms with E-state index in [1.54, 1.807) is 55.5 Å². The van der Waals surface area contributed by atoms with Crippen molar-refractivity contribution in [1.82, 2.24) is 15.5 Å². The number of carbonyl (C=O) groups excluding carboxylic acids is 1. The SMILES string of the molecule is Cc1ccc(C(F)(F)CNC(=O)c2c(S(=O)c3cccc(C4CC4)c3F)nnc3ccccc23)c(C)c1. The molecule has 0 radical (unpaired) electrons. The Balaban J connectivity index is 1.52. The maximum absolute atomic E-state index is 15.3. The van der Waals surface area contributed by atoms with Crippen LogP contribution in [0.15, 0.2) is 70.6 Å². The number of fused-ring (bicyclic) bond motifs is 1. The highest BCUT2D eigenvalue weighted by atomic mass is 32.2. The molecule has 37 heavy (non-hydrogen) atoms. The minimum atomic E-state index is -3.35. The first kappa shape index (κ1) is 25.1. The second-order valence-corrected chi connectivity index (χ2v) is 10.7. The third-order valence-electron chi connectivity index (χ3n) is 6.50. The molecule has 1 aliphatic carbocycles. The van der Waals surface area contributed by atoms with Gasteiger partial charge in [0.15, 0.2) is 5.03 Å². The molecule has 1 amide bonds. The molecule has 1 aliphatic rings. The molecule has 0 spiro atoms. The number of aryl methyl sites for hydroxylation is 2. The summed E-state index contributed by atoms with van der Waals surface area (Å²) in [4.78, 5) is 13.2. The highest BCUT2D eigenvalue weighted by Crippen LogP contribution is 2.42.